The zero-order chi connectivity index (χ0) is 32.7. The number of fused-ring (bicyclic) bond motifs is 4. The van der Waals surface area contributed by atoms with Crippen LogP contribution in [0.5, 0.6) is 0 Å². The van der Waals surface area contributed by atoms with Crippen LogP contribution in [0.25, 0.3) is 28.1 Å². The van der Waals surface area contributed by atoms with Crippen LogP contribution in [0.2, 0.25) is 10.2 Å². The lowest BCUT2D eigenvalue weighted by Crippen LogP contribution is -2.27. The van der Waals surface area contributed by atoms with Crippen LogP contribution in [-0.2, 0) is 9.53 Å². The first-order valence-electron chi connectivity index (χ1n) is 15.5. The number of nitrogens with one attached hydrogen (secondary N) is 1. The first-order valence-corrected chi connectivity index (χ1v) is 16.2. The zero-order valence-corrected chi connectivity index (χ0v) is 27.0. The molecule has 5 aromatic rings. The predicted molar refractivity (Wildman–Crippen MR) is 175 cm³/mol. The second kappa shape index (κ2) is 13.0. The second-order valence-corrected chi connectivity index (χ2v) is 12.8. The molecule has 6 heterocycles. The average Bonchev–Trinajstić information content (AvgIpc) is 3.70. The zero-order valence-electron chi connectivity index (χ0n) is 25.4. The van der Waals surface area contributed by atoms with Gasteiger partial charge in [-0.05, 0) is 56.0 Å². The Morgan fingerprint density at radius 3 is 2.62 bits per heavy atom. The fourth-order valence-corrected chi connectivity index (χ4v) is 6.72. The molecule has 1 fully saturated rings. The normalized spacial score (nSPS) is 19.0. The molecule has 242 valence electrons. The molecule has 2 aliphatic heterocycles. The number of pyridine rings is 2. The number of hydrogen-bond acceptors (Lipinski definition) is 7. The highest BCUT2D eigenvalue weighted by molar-refractivity contribution is 6.31. The Bertz CT molecular complexity index is 2020. The van der Waals surface area contributed by atoms with Crippen LogP contribution >= 0.6 is 23.2 Å². The summed E-state index contributed by atoms with van der Waals surface area (Å²) in [6.45, 7) is 3.13. The van der Waals surface area contributed by atoms with E-state index in [0.29, 0.717) is 60.1 Å². The minimum atomic E-state index is -0.630. The van der Waals surface area contributed by atoms with E-state index in [2.05, 4.69) is 20.6 Å². The van der Waals surface area contributed by atoms with E-state index < -0.39 is 17.4 Å². The van der Waals surface area contributed by atoms with Gasteiger partial charge in [0.25, 0.3) is 5.56 Å². The monoisotopic (exact) mass is 676 g/mol. The Kier molecular flexibility index (Phi) is 8.65. The maximum atomic E-state index is 16.2. The van der Waals surface area contributed by atoms with Crippen molar-refractivity contribution in [3.8, 4) is 28.1 Å². The van der Waals surface area contributed by atoms with Crippen molar-refractivity contribution < 1.29 is 13.9 Å². The minimum Gasteiger partial charge on any atom is -0.381 e. The van der Waals surface area contributed by atoms with Crippen molar-refractivity contribution in [2.75, 3.05) is 18.5 Å². The number of carbonyl (C=O) groups is 1. The molecule has 0 aliphatic carbocycles. The van der Waals surface area contributed by atoms with E-state index in [1.165, 1.54) is 27.7 Å². The molecule has 11 nitrogen and oxygen atoms in total. The minimum absolute atomic E-state index is 0.0561. The molecular weight excluding hydrogens is 646 g/mol. The number of ether oxygens (including phenoxy) is 1. The molecule has 14 heteroatoms. The highest BCUT2D eigenvalue weighted by atomic mass is 35.5. The van der Waals surface area contributed by atoms with E-state index in [4.69, 9.17) is 33.0 Å². The molecular formula is C33H31Cl2FN8O3. The van der Waals surface area contributed by atoms with Gasteiger partial charge in [0.15, 0.2) is 5.15 Å². The molecule has 7 rings (SSSR count). The van der Waals surface area contributed by atoms with Crippen LogP contribution in [0.3, 0.4) is 0 Å². The summed E-state index contributed by atoms with van der Waals surface area (Å²) >= 11 is 12.3. The lowest BCUT2D eigenvalue weighted by molar-refractivity contribution is -0.119. The lowest BCUT2D eigenvalue weighted by atomic mass is 9.96. The van der Waals surface area contributed by atoms with Crippen LogP contribution in [-0.4, -0.2) is 53.4 Å². The summed E-state index contributed by atoms with van der Waals surface area (Å²) in [7, 11) is 0. The molecule has 0 radical (unpaired) electrons. The molecule has 1 saturated heterocycles. The van der Waals surface area contributed by atoms with Gasteiger partial charge in [-0.15, -0.1) is 5.10 Å². The van der Waals surface area contributed by atoms with E-state index in [0.717, 1.165) is 24.1 Å². The molecule has 2 bridgehead atoms. The Morgan fingerprint density at radius 1 is 1.00 bits per heavy atom. The van der Waals surface area contributed by atoms with Crippen LogP contribution < -0.4 is 10.9 Å². The van der Waals surface area contributed by atoms with E-state index in [9.17, 15) is 9.59 Å². The third kappa shape index (κ3) is 6.20. The van der Waals surface area contributed by atoms with Crippen molar-refractivity contribution in [2.45, 2.75) is 51.1 Å². The number of hydrogen-bond donors (Lipinski definition) is 1. The average molecular weight is 678 g/mol. The van der Waals surface area contributed by atoms with Gasteiger partial charge in [-0.2, -0.15) is 5.10 Å². The molecule has 2 atom stereocenters. The van der Waals surface area contributed by atoms with Crippen LogP contribution in [0, 0.1) is 11.7 Å². The van der Waals surface area contributed by atoms with Gasteiger partial charge in [0.2, 0.25) is 5.91 Å². The summed E-state index contributed by atoms with van der Waals surface area (Å²) in [6, 6.07) is 9.39. The van der Waals surface area contributed by atoms with Crippen molar-refractivity contribution >= 4 is 34.8 Å². The fourth-order valence-electron chi connectivity index (χ4n) is 6.42. The summed E-state index contributed by atoms with van der Waals surface area (Å²) in [5, 5.41) is 16.1. The summed E-state index contributed by atoms with van der Waals surface area (Å²) in [5.74, 6) is -1.04. The molecule has 0 spiro atoms. The molecule has 0 saturated carbocycles. The third-order valence-corrected chi connectivity index (χ3v) is 9.29. The van der Waals surface area contributed by atoms with Crippen LogP contribution in [0.4, 0.5) is 10.1 Å². The predicted octanol–water partition coefficient (Wildman–Crippen LogP) is 6.50. The van der Waals surface area contributed by atoms with E-state index >= 15 is 4.39 Å². The van der Waals surface area contributed by atoms with Crippen molar-refractivity contribution in [2.24, 2.45) is 5.92 Å². The van der Waals surface area contributed by atoms with Gasteiger partial charge in [-0.25, -0.2) is 9.07 Å². The van der Waals surface area contributed by atoms with Crippen molar-refractivity contribution in [3.05, 3.63) is 93.2 Å². The summed E-state index contributed by atoms with van der Waals surface area (Å²) in [4.78, 5) is 31.8. The highest BCUT2D eigenvalue weighted by Gasteiger charge is 2.28. The fraction of sp³-hybridized carbons (Fsp3) is 0.333. The number of amides is 1. The van der Waals surface area contributed by atoms with Gasteiger partial charge >= 0.3 is 0 Å². The van der Waals surface area contributed by atoms with E-state index in [-0.39, 0.29) is 28.6 Å². The van der Waals surface area contributed by atoms with Gasteiger partial charge in [0, 0.05) is 59.3 Å². The van der Waals surface area contributed by atoms with E-state index in [1.54, 1.807) is 30.6 Å². The van der Waals surface area contributed by atoms with Crippen molar-refractivity contribution in [3.63, 3.8) is 0 Å². The topological polar surface area (TPSA) is 122 Å². The van der Waals surface area contributed by atoms with Gasteiger partial charge < -0.3 is 14.6 Å². The number of rotatable bonds is 4. The number of carbonyl (C=O) groups excluding carboxylic acids is 1. The maximum absolute atomic E-state index is 16.2. The smallest absolute Gasteiger partial charge is 0.251 e. The van der Waals surface area contributed by atoms with Gasteiger partial charge in [0.05, 0.1) is 47.2 Å². The quantitative estimate of drug-likeness (QED) is 0.231. The Balaban J connectivity index is 1.33. The number of benzene rings is 1. The molecule has 1 amide bonds. The Hall–Kier alpha value is -4.39. The second-order valence-electron chi connectivity index (χ2n) is 11.9. The highest BCUT2D eigenvalue weighted by Crippen LogP contribution is 2.37. The molecule has 47 heavy (non-hydrogen) atoms. The molecule has 1 N–H and O–H groups in total. The SMILES string of the molecule is C[C@@H]1CCC[C@H](n2cc(F)c(-c3cc(Cl)ccc3-n3cc(Cl)nn3)cc2=O)c2cc(ccn2)-c2c(cnn2C2CCOCC2)NC1=O. The van der Waals surface area contributed by atoms with Gasteiger partial charge in [-0.3, -0.25) is 19.3 Å². The van der Waals surface area contributed by atoms with E-state index in [1.807, 2.05) is 23.7 Å². The standard InChI is InChI=1S/C33H31Cl2FN8O3/c1-19-3-2-4-29(26-13-20(7-10-37-26)32-27(39-33(19)46)16-38-44(32)22-8-11-47-12-9-22)42-17-25(36)23(15-31(42)45)24-14-21(34)5-6-28(24)43-18-30(35)40-41-43/h5-7,10,13-19,22,29H,2-4,8-9,11-12H2,1H3,(H,39,46)/t19-,29+/m1/s1. The Labute approximate surface area is 279 Å². The van der Waals surface area contributed by atoms with Gasteiger partial charge in [-0.1, -0.05) is 41.8 Å². The Morgan fingerprint density at radius 2 is 1.83 bits per heavy atom. The van der Waals surface area contributed by atoms with Crippen LogP contribution in [0.1, 0.15) is 56.8 Å². The third-order valence-electron chi connectivity index (χ3n) is 8.88. The largest absolute Gasteiger partial charge is 0.381 e. The van der Waals surface area contributed by atoms with Crippen molar-refractivity contribution in [1.82, 2.24) is 34.3 Å². The first kappa shape index (κ1) is 31.2. The number of anilines is 1. The first-order chi connectivity index (χ1) is 22.8. The number of nitrogens with zero attached hydrogens (tertiary/aromatic N) is 7. The number of aromatic nitrogens is 7. The molecule has 1 aromatic carbocycles. The summed E-state index contributed by atoms with van der Waals surface area (Å²) < 4.78 is 26.5. The lowest BCUT2D eigenvalue weighted by Gasteiger charge is -2.26. The van der Waals surface area contributed by atoms with Crippen LogP contribution in [0.15, 0.2) is 66.0 Å². The van der Waals surface area contributed by atoms with Crippen molar-refractivity contribution in [1.29, 1.82) is 0 Å². The summed E-state index contributed by atoms with van der Waals surface area (Å²) in [5.41, 5.74) is 3.20. The summed E-state index contributed by atoms with van der Waals surface area (Å²) in [6.07, 6.45) is 9.27. The molecule has 0 unspecified atom stereocenters. The molecule has 4 aromatic heterocycles. The number of halogens is 3. The van der Waals surface area contributed by atoms with Gasteiger partial charge in [0.1, 0.15) is 5.82 Å². The maximum Gasteiger partial charge on any atom is 0.251 e. The molecule has 2 aliphatic rings.